The van der Waals surface area contributed by atoms with Crippen LogP contribution in [0, 0.1) is 5.92 Å². The van der Waals surface area contributed by atoms with E-state index in [0.717, 1.165) is 40.8 Å². The summed E-state index contributed by atoms with van der Waals surface area (Å²) in [7, 11) is 3.24. The third kappa shape index (κ3) is 3.37. The molecular weight excluding hydrogens is 360 g/mol. The zero-order valence-corrected chi connectivity index (χ0v) is 16.5. The van der Waals surface area contributed by atoms with E-state index in [1.54, 1.807) is 25.6 Å². The summed E-state index contributed by atoms with van der Waals surface area (Å²) in [6.07, 6.45) is 6.85. The molecule has 27 heavy (non-hydrogen) atoms. The van der Waals surface area contributed by atoms with Crippen molar-refractivity contribution in [2.45, 2.75) is 26.2 Å². The Hall–Kier alpha value is -2.60. The van der Waals surface area contributed by atoms with Crippen LogP contribution in [0.3, 0.4) is 0 Å². The molecule has 1 atom stereocenters. The number of rotatable bonds is 4. The molecular formula is C21H22N2O3S. The second-order valence-corrected chi connectivity index (χ2v) is 8.01. The van der Waals surface area contributed by atoms with E-state index in [9.17, 15) is 4.79 Å². The van der Waals surface area contributed by atoms with E-state index >= 15 is 0 Å². The van der Waals surface area contributed by atoms with Gasteiger partial charge in [-0.15, -0.1) is 11.3 Å². The Morgan fingerprint density at radius 3 is 2.89 bits per heavy atom. The molecule has 0 saturated carbocycles. The smallest absolute Gasteiger partial charge is 0.260 e. The maximum absolute atomic E-state index is 12.7. The van der Waals surface area contributed by atoms with Crippen LogP contribution in [0.5, 0.6) is 11.5 Å². The van der Waals surface area contributed by atoms with Crippen molar-refractivity contribution in [3.05, 3.63) is 50.4 Å². The molecule has 0 radical (unpaired) electrons. The van der Waals surface area contributed by atoms with Crippen molar-refractivity contribution in [3.8, 4) is 11.5 Å². The number of hydrogen-bond donors (Lipinski definition) is 1. The van der Waals surface area contributed by atoms with Crippen molar-refractivity contribution in [2.24, 2.45) is 5.92 Å². The molecule has 4 rings (SSSR count). The van der Waals surface area contributed by atoms with E-state index in [0.29, 0.717) is 17.5 Å². The molecule has 1 aliphatic rings. The number of aromatic nitrogens is 2. The predicted octanol–water partition coefficient (Wildman–Crippen LogP) is 4.30. The van der Waals surface area contributed by atoms with Gasteiger partial charge in [-0.1, -0.05) is 6.92 Å². The maximum Gasteiger partial charge on any atom is 0.260 e. The van der Waals surface area contributed by atoms with E-state index < -0.39 is 0 Å². The number of hydrogen-bond acceptors (Lipinski definition) is 5. The van der Waals surface area contributed by atoms with Crippen molar-refractivity contribution in [1.82, 2.24) is 9.97 Å². The van der Waals surface area contributed by atoms with Gasteiger partial charge in [-0.2, -0.15) is 0 Å². The van der Waals surface area contributed by atoms with Crippen molar-refractivity contribution in [2.75, 3.05) is 14.2 Å². The van der Waals surface area contributed by atoms with Gasteiger partial charge in [0.15, 0.2) is 0 Å². The highest BCUT2D eigenvalue weighted by Crippen LogP contribution is 2.35. The molecule has 1 aromatic carbocycles. The molecule has 1 N–H and O–H groups in total. The third-order valence-corrected chi connectivity index (χ3v) is 6.19. The van der Waals surface area contributed by atoms with Crippen LogP contribution < -0.4 is 15.0 Å². The van der Waals surface area contributed by atoms with E-state index in [1.165, 1.54) is 10.4 Å². The molecule has 5 nitrogen and oxygen atoms in total. The maximum atomic E-state index is 12.7. The van der Waals surface area contributed by atoms with E-state index in [-0.39, 0.29) is 5.56 Å². The highest BCUT2D eigenvalue weighted by atomic mass is 32.1. The molecule has 2 heterocycles. The summed E-state index contributed by atoms with van der Waals surface area (Å²) < 4.78 is 10.6. The number of thiophene rings is 1. The number of fused-ring (bicyclic) bond motifs is 3. The summed E-state index contributed by atoms with van der Waals surface area (Å²) in [5.41, 5.74) is 2.04. The first-order valence-corrected chi connectivity index (χ1v) is 9.85. The molecule has 0 saturated heterocycles. The fourth-order valence-corrected chi connectivity index (χ4v) is 4.96. The fourth-order valence-electron chi connectivity index (χ4n) is 3.57. The third-order valence-electron chi connectivity index (χ3n) is 5.05. The minimum atomic E-state index is -0.0478. The normalized spacial score (nSPS) is 16.6. The lowest BCUT2D eigenvalue weighted by Crippen LogP contribution is -2.13. The molecule has 0 bridgehead atoms. The van der Waals surface area contributed by atoms with Crippen LogP contribution >= 0.6 is 11.3 Å². The van der Waals surface area contributed by atoms with Crippen LogP contribution in [0.15, 0.2) is 23.0 Å². The number of H-pyrrole nitrogens is 1. The van der Waals surface area contributed by atoms with E-state index in [4.69, 9.17) is 9.47 Å². The standard InChI is InChI=1S/C21H22N2O3S/c1-12-4-8-15-17(10-12)27-21-19(15)20(24)22-18(23-21)9-6-13-5-7-14(25-2)11-16(13)26-3/h5-7,9,11-12H,4,8,10H2,1-3H3,(H,22,23,24)/b9-6+/t12-/m0/s1. The van der Waals surface area contributed by atoms with Gasteiger partial charge in [0.05, 0.1) is 19.6 Å². The lowest BCUT2D eigenvalue weighted by atomic mass is 9.89. The van der Waals surface area contributed by atoms with Gasteiger partial charge >= 0.3 is 0 Å². The largest absolute Gasteiger partial charge is 0.497 e. The Morgan fingerprint density at radius 2 is 2.11 bits per heavy atom. The number of aryl methyl sites for hydroxylation is 1. The summed E-state index contributed by atoms with van der Waals surface area (Å²) in [4.78, 5) is 22.4. The van der Waals surface area contributed by atoms with Gasteiger partial charge in [-0.05, 0) is 55.0 Å². The minimum absolute atomic E-state index is 0.0478. The van der Waals surface area contributed by atoms with Crippen molar-refractivity contribution >= 4 is 33.7 Å². The molecule has 3 aromatic rings. The first kappa shape index (κ1) is 17.8. The average Bonchev–Trinajstić information content (AvgIpc) is 3.03. The average molecular weight is 382 g/mol. The number of ether oxygens (including phenoxy) is 2. The van der Waals surface area contributed by atoms with Gasteiger partial charge in [-0.3, -0.25) is 4.79 Å². The van der Waals surface area contributed by atoms with Crippen molar-refractivity contribution < 1.29 is 9.47 Å². The Bertz CT molecular complexity index is 1080. The van der Waals surface area contributed by atoms with Gasteiger partial charge in [0, 0.05) is 16.5 Å². The lowest BCUT2D eigenvalue weighted by Gasteiger charge is -2.17. The van der Waals surface area contributed by atoms with Gasteiger partial charge < -0.3 is 14.5 Å². The van der Waals surface area contributed by atoms with Gasteiger partial charge in [0.1, 0.15) is 22.2 Å². The highest BCUT2D eigenvalue weighted by molar-refractivity contribution is 7.18. The second-order valence-electron chi connectivity index (χ2n) is 6.92. The number of methoxy groups -OCH3 is 2. The van der Waals surface area contributed by atoms with Crippen LogP contribution in [0.25, 0.3) is 22.4 Å². The van der Waals surface area contributed by atoms with Gasteiger partial charge in [-0.25, -0.2) is 4.98 Å². The quantitative estimate of drug-likeness (QED) is 0.731. The summed E-state index contributed by atoms with van der Waals surface area (Å²) >= 11 is 1.66. The molecule has 1 aliphatic carbocycles. The van der Waals surface area contributed by atoms with Crippen LogP contribution in [-0.4, -0.2) is 24.2 Å². The van der Waals surface area contributed by atoms with Gasteiger partial charge in [0.2, 0.25) is 0 Å². The second kappa shape index (κ2) is 7.19. The monoisotopic (exact) mass is 382 g/mol. The molecule has 0 aliphatic heterocycles. The van der Waals surface area contributed by atoms with E-state index in [2.05, 4.69) is 16.9 Å². The first-order valence-electron chi connectivity index (χ1n) is 9.03. The molecule has 0 spiro atoms. The molecule has 6 heteroatoms. The Morgan fingerprint density at radius 1 is 1.26 bits per heavy atom. The van der Waals surface area contributed by atoms with Crippen LogP contribution in [0.4, 0.5) is 0 Å². The highest BCUT2D eigenvalue weighted by Gasteiger charge is 2.22. The Balaban J connectivity index is 1.71. The summed E-state index contributed by atoms with van der Waals surface area (Å²) in [6.45, 7) is 2.27. The summed E-state index contributed by atoms with van der Waals surface area (Å²) in [5.74, 6) is 2.66. The number of nitrogens with one attached hydrogen (secondary N) is 1. The zero-order valence-electron chi connectivity index (χ0n) is 15.7. The fraction of sp³-hybridized carbons (Fsp3) is 0.333. The predicted molar refractivity (Wildman–Crippen MR) is 110 cm³/mol. The molecule has 0 fully saturated rings. The number of aromatic amines is 1. The van der Waals surface area contributed by atoms with E-state index in [1.807, 2.05) is 30.4 Å². The summed E-state index contributed by atoms with van der Waals surface area (Å²) in [5, 5.41) is 0.779. The van der Waals surface area contributed by atoms with Crippen molar-refractivity contribution in [1.29, 1.82) is 0 Å². The van der Waals surface area contributed by atoms with Crippen LogP contribution in [-0.2, 0) is 12.8 Å². The first-order chi connectivity index (χ1) is 13.1. The summed E-state index contributed by atoms with van der Waals surface area (Å²) in [6, 6.07) is 5.61. The molecule has 0 unspecified atom stereocenters. The van der Waals surface area contributed by atoms with Crippen molar-refractivity contribution in [3.63, 3.8) is 0 Å². The number of nitrogens with zero attached hydrogens (tertiary/aromatic N) is 1. The van der Waals surface area contributed by atoms with Crippen LogP contribution in [0.1, 0.15) is 35.2 Å². The molecule has 2 aromatic heterocycles. The van der Waals surface area contributed by atoms with Gasteiger partial charge in [0.25, 0.3) is 5.56 Å². The Kier molecular flexibility index (Phi) is 4.74. The SMILES string of the molecule is COc1ccc(/C=C/c2nc3sc4c(c3c(=O)[nH]2)CC[C@H](C)C4)c(OC)c1. The zero-order chi connectivity index (χ0) is 19.0. The molecule has 0 amide bonds. The Labute approximate surface area is 161 Å². The topological polar surface area (TPSA) is 64.2 Å². The minimum Gasteiger partial charge on any atom is -0.497 e. The lowest BCUT2D eigenvalue weighted by molar-refractivity contribution is 0.394. The number of benzene rings is 1. The molecule has 140 valence electrons. The van der Waals surface area contributed by atoms with Crippen LogP contribution in [0.2, 0.25) is 0 Å².